The summed E-state index contributed by atoms with van der Waals surface area (Å²) in [5.41, 5.74) is 3.43. The van der Waals surface area contributed by atoms with Crippen LogP contribution in [0.1, 0.15) is 47.4 Å². The third-order valence-electron chi connectivity index (χ3n) is 5.48. The van der Waals surface area contributed by atoms with Crippen LogP contribution in [0, 0.1) is 6.92 Å². The van der Waals surface area contributed by atoms with Gasteiger partial charge in [-0.15, -0.1) is 0 Å². The minimum absolute atomic E-state index is 0.00818. The van der Waals surface area contributed by atoms with E-state index in [1.807, 2.05) is 60.0 Å². The average molecular weight is 390 g/mol. The molecule has 29 heavy (non-hydrogen) atoms. The van der Waals surface area contributed by atoms with Gasteiger partial charge in [-0.05, 0) is 44.0 Å². The maximum Gasteiger partial charge on any atom is 0.251 e. The largest absolute Gasteiger partial charge is 0.352 e. The number of hydrogen-bond acceptors (Lipinski definition) is 3. The highest BCUT2D eigenvalue weighted by Crippen LogP contribution is 2.19. The van der Waals surface area contributed by atoms with Gasteiger partial charge in [0.25, 0.3) is 5.91 Å². The van der Waals surface area contributed by atoms with E-state index in [2.05, 4.69) is 15.6 Å². The molecule has 1 saturated carbocycles. The number of rotatable bonds is 6. The van der Waals surface area contributed by atoms with Crippen LogP contribution in [0.4, 0.5) is 0 Å². The number of amides is 2. The highest BCUT2D eigenvalue weighted by Gasteiger charge is 2.19. The molecule has 3 aromatic rings. The van der Waals surface area contributed by atoms with E-state index in [0.29, 0.717) is 11.4 Å². The molecule has 0 aliphatic heterocycles. The number of benzene rings is 2. The fraction of sp³-hybridized carbons (Fsp3) is 0.348. The molecule has 1 aliphatic carbocycles. The molecule has 4 rings (SSSR count). The summed E-state index contributed by atoms with van der Waals surface area (Å²) in [6.07, 6.45) is 4.45. The molecule has 0 saturated heterocycles. The lowest BCUT2D eigenvalue weighted by Gasteiger charge is -2.14. The quantitative estimate of drug-likeness (QED) is 0.678. The second-order valence-corrected chi connectivity index (χ2v) is 7.70. The minimum Gasteiger partial charge on any atom is -0.352 e. The Bertz CT molecular complexity index is 1020. The smallest absolute Gasteiger partial charge is 0.251 e. The standard InChI is InChI=1S/C23H26N4O2/c1-16-10-12-17(13-11-16)23(29)24-14-21-26-19-8-4-5-9-20(19)27(21)15-22(28)25-18-6-2-3-7-18/h4-5,8-13,18H,2-3,6-7,14-15H2,1H3,(H,24,29)(H,25,28). The van der Waals surface area contributed by atoms with Gasteiger partial charge in [0.15, 0.2) is 0 Å². The molecule has 0 bridgehead atoms. The van der Waals surface area contributed by atoms with Gasteiger partial charge in [-0.2, -0.15) is 0 Å². The van der Waals surface area contributed by atoms with E-state index in [4.69, 9.17) is 0 Å². The number of para-hydroxylation sites is 2. The fourth-order valence-electron chi connectivity index (χ4n) is 3.89. The fourth-order valence-corrected chi connectivity index (χ4v) is 3.89. The molecular weight excluding hydrogens is 364 g/mol. The first-order valence-corrected chi connectivity index (χ1v) is 10.2. The van der Waals surface area contributed by atoms with Crippen molar-refractivity contribution in [3.8, 4) is 0 Å². The summed E-state index contributed by atoms with van der Waals surface area (Å²) in [4.78, 5) is 29.7. The molecule has 1 aliphatic rings. The summed E-state index contributed by atoms with van der Waals surface area (Å²) in [5, 5.41) is 6.06. The number of imidazole rings is 1. The van der Waals surface area contributed by atoms with Crippen molar-refractivity contribution in [1.82, 2.24) is 20.2 Å². The van der Waals surface area contributed by atoms with Crippen molar-refractivity contribution < 1.29 is 9.59 Å². The predicted octanol–water partition coefficient (Wildman–Crippen LogP) is 3.33. The van der Waals surface area contributed by atoms with Gasteiger partial charge in [0.1, 0.15) is 12.4 Å². The Kier molecular flexibility index (Phi) is 5.60. The summed E-state index contributed by atoms with van der Waals surface area (Å²) in [7, 11) is 0. The first-order valence-electron chi connectivity index (χ1n) is 10.2. The van der Waals surface area contributed by atoms with E-state index < -0.39 is 0 Å². The van der Waals surface area contributed by atoms with Crippen LogP contribution in [0.3, 0.4) is 0 Å². The molecule has 0 unspecified atom stereocenters. The zero-order chi connectivity index (χ0) is 20.2. The van der Waals surface area contributed by atoms with Gasteiger partial charge >= 0.3 is 0 Å². The first-order chi connectivity index (χ1) is 14.1. The van der Waals surface area contributed by atoms with E-state index in [0.717, 1.165) is 29.4 Å². The third-order valence-corrected chi connectivity index (χ3v) is 5.48. The average Bonchev–Trinajstić information content (AvgIpc) is 3.35. The zero-order valence-electron chi connectivity index (χ0n) is 16.6. The van der Waals surface area contributed by atoms with Crippen LogP contribution in [-0.2, 0) is 17.9 Å². The number of fused-ring (bicyclic) bond motifs is 1. The number of hydrogen-bond donors (Lipinski definition) is 2. The lowest BCUT2D eigenvalue weighted by atomic mass is 10.1. The minimum atomic E-state index is -0.154. The lowest BCUT2D eigenvalue weighted by Crippen LogP contribution is -2.35. The molecule has 6 nitrogen and oxygen atoms in total. The highest BCUT2D eigenvalue weighted by molar-refractivity contribution is 5.94. The molecule has 2 N–H and O–H groups in total. The SMILES string of the molecule is Cc1ccc(C(=O)NCc2nc3ccccc3n2CC(=O)NC2CCCC2)cc1. The summed E-state index contributed by atoms with van der Waals surface area (Å²) in [6.45, 7) is 2.45. The number of nitrogens with zero attached hydrogens (tertiary/aromatic N) is 2. The molecule has 1 fully saturated rings. The van der Waals surface area contributed by atoms with Crippen molar-refractivity contribution in [3.05, 3.63) is 65.5 Å². The zero-order valence-corrected chi connectivity index (χ0v) is 16.6. The van der Waals surface area contributed by atoms with Crippen LogP contribution in [0.2, 0.25) is 0 Å². The molecular formula is C23H26N4O2. The predicted molar refractivity (Wildman–Crippen MR) is 112 cm³/mol. The van der Waals surface area contributed by atoms with Crippen LogP contribution < -0.4 is 10.6 Å². The topological polar surface area (TPSA) is 76.0 Å². The van der Waals surface area contributed by atoms with Crippen LogP contribution in [-0.4, -0.2) is 27.4 Å². The van der Waals surface area contributed by atoms with Crippen molar-refractivity contribution >= 4 is 22.8 Å². The van der Waals surface area contributed by atoms with Gasteiger partial charge in [0.2, 0.25) is 5.91 Å². The van der Waals surface area contributed by atoms with Gasteiger partial charge in [-0.1, -0.05) is 42.7 Å². The monoisotopic (exact) mass is 390 g/mol. The van der Waals surface area contributed by atoms with Gasteiger partial charge in [-0.25, -0.2) is 4.98 Å². The Balaban J connectivity index is 1.50. The van der Waals surface area contributed by atoms with Crippen molar-refractivity contribution in [2.75, 3.05) is 0 Å². The molecule has 0 spiro atoms. The van der Waals surface area contributed by atoms with Gasteiger partial charge in [-0.3, -0.25) is 9.59 Å². The number of carbonyl (C=O) groups excluding carboxylic acids is 2. The lowest BCUT2D eigenvalue weighted by molar-refractivity contribution is -0.122. The van der Waals surface area contributed by atoms with Crippen molar-refractivity contribution in [3.63, 3.8) is 0 Å². The maximum absolute atomic E-state index is 12.6. The normalized spacial score (nSPS) is 14.2. The Morgan fingerprint density at radius 1 is 1.07 bits per heavy atom. The summed E-state index contributed by atoms with van der Waals surface area (Å²) < 4.78 is 1.90. The van der Waals surface area contributed by atoms with Crippen LogP contribution in [0.25, 0.3) is 11.0 Å². The molecule has 0 radical (unpaired) electrons. The number of carbonyl (C=O) groups is 2. The Morgan fingerprint density at radius 3 is 2.55 bits per heavy atom. The Hall–Kier alpha value is -3.15. The van der Waals surface area contributed by atoms with E-state index in [9.17, 15) is 9.59 Å². The highest BCUT2D eigenvalue weighted by atomic mass is 16.2. The molecule has 2 aromatic carbocycles. The van der Waals surface area contributed by atoms with Crippen molar-refractivity contribution in [2.24, 2.45) is 0 Å². The first kappa shape index (κ1) is 19.2. The van der Waals surface area contributed by atoms with Crippen molar-refractivity contribution in [1.29, 1.82) is 0 Å². The van der Waals surface area contributed by atoms with Gasteiger partial charge < -0.3 is 15.2 Å². The van der Waals surface area contributed by atoms with E-state index in [1.165, 1.54) is 12.8 Å². The summed E-state index contributed by atoms with van der Waals surface area (Å²) in [6, 6.07) is 15.5. The second-order valence-electron chi connectivity index (χ2n) is 7.70. The molecule has 150 valence electrons. The molecule has 0 atom stereocenters. The number of nitrogens with one attached hydrogen (secondary N) is 2. The second kappa shape index (κ2) is 8.47. The van der Waals surface area contributed by atoms with Gasteiger partial charge in [0, 0.05) is 11.6 Å². The molecule has 6 heteroatoms. The van der Waals surface area contributed by atoms with Crippen LogP contribution >= 0.6 is 0 Å². The molecule has 1 aromatic heterocycles. The van der Waals surface area contributed by atoms with E-state index in [1.54, 1.807) is 0 Å². The van der Waals surface area contributed by atoms with Crippen LogP contribution in [0.5, 0.6) is 0 Å². The number of aromatic nitrogens is 2. The Morgan fingerprint density at radius 2 is 1.79 bits per heavy atom. The van der Waals surface area contributed by atoms with E-state index >= 15 is 0 Å². The third kappa shape index (κ3) is 4.47. The van der Waals surface area contributed by atoms with Crippen LogP contribution in [0.15, 0.2) is 48.5 Å². The Labute approximate surface area is 170 Å². The van der Waals surface area contributed by atoms with Gasteiger partial charge in [0.05, 0.1) is 17.6 Å². The summed E-state index contributed by atoms with van der Waals surface area (Å²) >= 11 is 0. The number of aryl methyl sites for hydroxylation is 1. The maximum atomic E-state index is 12.6. The van der Waals surface area contributed by atoms with E-state index in [-0.39, 0.29) is 30.9 Å². The molecule has 1 heterocycles. The van der Waals surface area contributed by atoms with Crippen molar-refractivity contribution in [2.45, 2.75) is 51.7 Å². The summed E-state index contributed by atoms with van der Waals surface area (Å²) in [5.74, 6) is 0.512. The molecule has 2 amide bonds.